The lowest BCUT2D eigenvalue weighted by molar-refractivity contribution is 0.301. The highest BCUT2D eigenvalue weighted by Gasteiger charge is 2.06. The lowest BCUT2D eigenvalue weighted by Gasteiger charge is -2.23. The Hall–Kier alpha value is -0.740. The zero-order chi connectivity index (χ0) is 8.10. The molecule has 1 heteroatoms. The Labute approximate surface area is 69.1 Å². The van der Waals surface area contributed by atoms with Gasteiger partial charge >= 0.3 is 0 Å². The normalized spacial score (nSPS) is 19.1. The molecule has 60 valence electrons. The second-order valence-electron chi connectivity index (χ2n) is 3.06. The molecule has 11 heavy (non-hydrogen) atoms. The van der Waals surface area contributed by atoms with Crippen LogP contribution in [0, 0.1) is 12.3 Å². The minimum atomic E-state index is 0.882. The molecule has 0 aromatic carbocycles. The van der Waals surface area contributed by atoms with Gasteiger partial charge in [0.1, 0.15) is 0 Å². The van der Waals surface area contributed by atoms with Gasteiger partial charge in [-0.05, 0) is 13.3 Å². The van der Waals surface area contributed by atoms with Crippen molar-refractivity contribution in [2.45, 2.75) is 19.8 Å². The molecule has 1 aliphatic rings. The molecule has 1 rings (SSSR count). The monoisotopic (exact) mass is 149 g/mol. The Balaban J connectivity index is 2.25. The number of hydrogen-bond donors (Lipinski definition) is 0. The van der Waals surface area contributed by atoms with Crippen LogP contribution in [0.2, 0.25) is 0 Å². The first-order valence-electron chi connectivity index (χ1n) is 4.14. The molecule has 0 saturated carbocycles. The molecule has 0 unspecified atom stereocenters. The van der Waals surface area contributed by atoms with Crippen LogP contribution in [-0.2, 0) is 0 Å². The highest BCUT2D eigenvalue weighted by atomic mass is 15.1. The maximum absolute atomic E-state index is 5.18. The molecular weight excluding hydrogens is 134 g/mol. The van der Waals surface area contributed by atoms with Gasteiger partial charge in [-0.15, -0.1) is 12.3 Å². The molecule has 1 heterocycles. The molecule has 0 aromatic heterocycles. The molecule has 0 radical (unpaired) electrons. The van der Waals surface area contributed by atoms with E-state index in [0.29, 0.717) is 0 Å². The highest BCUT2D eigenvalue weighted by Crippen LogP contribution is 2.08. The van der Waals surface area contributed by atoms with Crippen LogP contribution in [0.5, 0.6) is 0 Å². The van der Waals surface area contributed by atoms with Crippen LogP contribution in [0.15, 0.2) is 11.6 Å². The molecule has 0 fully saturated rings. The fourth-order valence-electron chi connectivity index (χ4n) is 1.24. The van der Waals surface area contributed by atoms with Gasteiger partial charge in [-0.1, -0.05) is 11.6 Å². The van der Waals surface area contributed by atoms with Crippen LogP contribution in [0.1, 0.15) is 19.8 Å². The second kappa shape index (κ2) is 4.20. The molecule has 0 aromatic rings. The molecule has 1 aliphatic heterocycles. The molecule has 0 N–H and O–H groups in total. The molecule has 1 nitrogen and oxygen atoms in total. The van der Waals surface area contributed by atoms with Gasteiger partial charge in [-0.25, -0.2) is 0 Å². The van der Waals surface area contributed by atoms with Crippen LogP contribution in [-0.4, -0.2) is 24.5 Å². The Bertz CT molecular complexity index is 186. The molecule has 0 bridgehead atoms. The SMILES string of the molecule is C#CCCN1CC=C(C)CC1. The van der Waals surface area contributed by atoms with Crippen molar-refractivity contribution in [1.29, 1.82) is 0 Å². The summed E-state index contributed by atoms with van der Waals surface area (Å²) in [6.07, 6.45) is 9.57. The molecule has 0 aliphatic carbocycles. The van der Waals surface area contributed by atoms with E-state index in [9.17, 15) is 0 Å². The number of rotatable bonds is 2. The van der Waals surface area contributed by atoms with Gasteiger partial charge in [0, 0.05) is 26.1 Å². The maximum atomic E-state index is 5.18. The first kappa shape index (κ1) is 8.36. The van der Waals surface area contributed by atoms with E-state index in [4.69, 9.17) is 6.42 Å². The third-order valence-corrected chi connectivity index (χ3v) is 2.09. The summed E-state index contributed by atoms with van der Waals surface area (Å²) in [5, 5.41) is 0. The summed E-state index contributed by atoms with van der Waals surface area (Å²) in [7, 11) is 0. The van der Waals surface area contributed by atoms with Crippen LogP contribution in [0.4, 0.5) is 0 Å². The van der Waals surface area contributed by atoms with Crippen LogP contribution < -0.4 is 0 Å². The van der Waals surface area contributed by atoms with Crippen molar-refractivity contribution in [2.75, 3.05) is 19.6 Å². The van der Waals surface area contributed by atoms with Crippen molar-refractivity contribution in [3.8, 4) is 12.3 Å². The first-order chi connectivity index (χ1) is 5.33. The van der Waals surface area contributed by atoms with Gasteiger partial charge in [-0.2, -0.15) is 0 Å². The van der Waals surface area contributed by atoms with Gasteiger partial charge in [0.15, 0.2) is 0 Å². The second-order valence-corrected chi connectivity index (χ2v) is 3.06. The third kappa shape index (κ3) is 2.78. The zero-order valence-electron chi connectivity index (χ0n) is 7.14. The topological polar surface area (TPSA) is 3.24 Å². The van der Waals surface area contributed by atoms with E-state index < -0.39 is 0 Å². The largest absolute Gasteiger partial charge is 0.298 e. The molecule has 0 spiro atoms. The van der Waals surface area contributed by atoms with E-state index >= 15 is 0 Å². The van der Waals surface area contributed by atoms with E-state index in [0.717, 1.165) is 19.5 Å². The molecule has 0 atom stereocenters. The standard InChI is InChI=1S/C10H15N/c1-3-4-7-11-8-5-10(2)6-9-11/h1,5H,4,6-9H2,2H3. The Morgan fingerprint density at radius 2 is 2.55 bits per heavy atom. The lowest BCUT2D eigenvalue weighted by Crippen LogP contribution is -2.29. The number of hydrogen-bond acceptors (Lipinski definition) is 1. The maximum Gasteiger partial charge on any atom is 0.0214 e. The molecule has 0 saturated heterocycles. The van der Waals surface area contributed by atoms with Crippen LogP contribution in [0.25, 0.3) is 0 Å². The van der Waals surface area contributed by atoms with Gasteiger partial charge in [0.25, 0.3) is 0 Å². The summed E-state index contributed by atoms with van der Waals surface area (Å²) < 4.78 is 0. The van der Waals surface area contributed by atoms with Crippen molar-refractivity contribution in [1.82, 2.24) is 4.90 Å². The molecule has 0 amide bonds. The fraction of sp³-hybridized carbons (Fsp3) is 0.600. The van der Waals surface area contributed by atoms with E-state index in [-0.39, 0.29) is 0 Å². The van der Waals surface area contributed by atoms with Crippen LogP contribution >= 0.6 is 0 Å². The summed E-state index contributed by atoms with van der Waals surface area (Å²) in [5.74, 6) is 2.66. The van der Waals surface area contributed by atoms with Gasteiger partial charge in [0.2, 0.25) is 0 Å². The first-order valence-corrected chi connectivity index (χ1v) is 4.14. The predicted octanol–water partition coefficient (Wildman–Crippen LogP) is 1.66. The van der Waals surface area contributed by atoms with Gasteiger partial charge in [0.05, 0.1) is 0 Å². The van der Waals surface area contributed by atoms with E-state index in [2.05, 4.69) is 23.8 Å². The minimum absolute atomic E-state index is 0.882. The summed E-state index contributed by atoms with van der Waals surface area (Å²) in [5.41, 5.74) is 1.52. The summed E-state index contributed by atoms with van der Waals surface area (Å²) >= 11 is 0. The number of terminal acetylenes is 1. The summed E-state index contributed by atoms with van der Waals surface area (Å²) in [6, 6.07) is 0. The quantitative estimate of drug-likeness (QED) is 0.426. The zero-order valence-corrected chi connectivity index (χ0v) is 7.14. The van der Waals surface area contributed by atoms with Crippen LogP contribution in [0.3, 0.4) is 0 Å². The summed E-state index contributed by atoms with van der Waals surface area (Å²) in [6.45, 7) is 5.52. The third-order valence-electron chi connectivity index (χ3n) is 2.09. The fourth-order valence-corrected chi connectivity index (χ4v) is 1.24. The summed E-state index contributed by atoms with van der Waals surface area (Å²) in [4.78, 5) is 2.40. The van der Waals surface area contributed by atoms with Gasteiger partial charge < -0.3 is 0 Å². The van der Waals surface area contributed by atoms with Crippen molar-refractivity contribution in [3.05, 3.63) is 11.6 Å². The average Bonchev–Trinajstić information content (AvgIpc) is 2.04. The number of nitrogens with zero attached hydrogens (tertiary/aromatic N) is 1. The van der Waals surface area contributed by atoms with E-state index in [1.54, 1.807) is 0 Å². The van der Waals surface area contributed by atoms with E-state index in [1.807, 2.05) is 0 Å². The Kier molecular flexibility index (Phi) is 3.19. The molecular formula is C10H15N. The Morgan fingerprint density at radius 3 is 3.09 bits per heavy atom. The van der Waals surface area contributed by atoms with Crippen molar-refractivity contribution in [2.24, 2.45) is 0 Å². The van der Waals surface area contributed by atoms with Crippen molar-refractivity contribution < 1.29 is 0 Å². The predicted molar refractivity (Wildman–Crippen MR) is 48.3 cm³/mol. The van der Waals surface area contributed by atoms with Crippen molar-refractivity contribution >= 4 is 0 Å². The van der Waals surface area contributed by atoms with Gasteiger partial charge in [-0.3, -0.25) is 4.90 Å². The lowest BCUT2D eigenvalue weighted by atomic mass is 10.1. The van der Waals surface area contributed by atoms with E-state index in [1.165, 1.54) is 18.5 Å². The highest BCUT2D eigenvalue weighted by molar-refractivity contribution is 5.04. The average molecular weight is 149 g/mol. The Morgan fingerprint density at radius 1 is 1.73 bits per heavy atom. The van der Waals surface area contributed by atoms with Crippen molar-refractivity contribution in [3.63, 3.8) is 0 Å². The minimum Gasteiger partial charge on any atom is -0.298 e. The smallest absolute Gasteiger partial charge is 0.0214 e.